The molecule has 0 spiro atoms. The fraction of sp³-hybridized carbons (Fsp3) is 0.400. The second-order valence-electron chi connectivity index (χ2n) is 4.03. The van der Waals surface area contributed by atoms with Gasteiger partial charge in [-0.15, -0.1) is 0 Å². The first kappa shape index (κ1) is 11.8. The van der Waals surface area contributed by atoms with Crippen LogP contribution in [-0.2, 0) is 0 Å². The van der Waals surface area contributed by atoms with E-state index in [-0.39, 0.29) is 11.1 Å². The molecule has 0 amide bonds. The molecule has 0 radical (unpaired) electrons. The molecule has 7 heteroatoms. The lowest BCUT2D eigenvalue weighted by Crippen LogP contribution is -2.14. The van der Waals surface area contributed by atoms with E-state index in [1.807, 2.05) is 0 Å². The summed E-state index contributed by atoms with van der Waals surface area (Å²) in [5.41, 5.74) is -0.0404. The number of nitriles is 1. The van der Waals surface area contributed by atoms with Crippen LogP contribution in [-0.4, -0.2) is 16.5 Å². The lowest BCUT2D eigenvalue weighted by atomic mass is 10.1. The highest BCUT2D eigenvalue weighted by Gasteiger charge is 2.43. The molecule has 17 heavy (non-hydrogen) atoms. The Labute approximate surface area is 106 Å². The highest BCUT2D eigenvalue weighted by Crippen LogP contribution is 2.45. The molecule has 6 nitrogen and oxygen atoms in total. The van der Waals surface area contributed by atoms with Gasteiger partial charge in [0.25, 0.3) is 5.69 Å². The zero-order valence-corrected chi connectivity index (χ0v) is 10.4. The summed E-state index contributed by atoms with van der Waals surface area (Å²) in [7, 11) is 0. The number of nitro groups is 1. The zero-order chi connectivity index (χ0) is 12.5. The summed E-state index contributed by atoms with van der Waals surface area (Å²) in [6, 6.07) is 3.56. The minimum atomic E-state index is -0.472. The van der Waals surface area contributed by atoms with Crippen molar-refractivity contribution in [3.05, 3.63) is 27.0 Å². The minimum absolute atomic E-state index is 0.0411. The van der Waals surface area contributed by atoms with E-state index in [0.717, 1.165) is 12.8 Å². The first-order chi connectivity index (χ1) is 8.06. The molecule has 0 aromatic carbocycles. The molecule has 88 valence electrons. The van der Waals surface area contributed by atoms with Gasteiger partial charge in [-0.1, -0.05) is 0 Å². The minimum Gasteiger partial charge on any atom is -0.377 e. The molecule has 1 N–H and O–H groups in total. The van der Waals surface area contributed by atoms with Gasteiger partial charge in [-0.2, -0.15) is 5.26 Å². The molecule has 1 aromatic heterocycles. The quantitative estimate of drug-likeness (QED) is 0.523. The van der Waals surface area contributed by atoms with E-state index in [9.17, 15) is 10.1 Å². The van der Waals surface area contributed by atoms with Gasteiger partial charge in [-0.25, -0.2) is 4.98 Å². The largest absolute Gasteiger partial charge is 0.377 e. The van der Waals surface area contributed by atoms with Gasteiger partial charge < -0.3 is 5.32 Å². The second-order valence-corrected chi connectivity index (χ2v) is 4.84. The van der Waals surface area contributed by atoms with Crippen molar-refractivity contribution in [3.8, 4) is 6.07 Å². The summed E-state index contributed by atoms with van der Waals surface area (Å²) in [6.07, 6.45) is 3.08. The van der Waals surface area contributed by atoms with Crippen LogP contribution in [0.15, 0.2) is 16.9 Å². The third-order valence-corrected chi connectivity index (χ3v) is 3.19. The van der Waals surface area contributed by atoms with Crippen LogP contribution in [0.2, 0.25) is 0 Å². The van der Waals surface area contributed by atoms with Gasteiger partial charge in [0.2, 0.25) is 0 Å². The topological polar surface area (TPSA) is 91.8 Å². The number of rotatable bonds is 4. The van der Waals surface area contributed by atoms with E-state index >= 15 is 0 Å². The van der Waals surface area contributed by atoms with Crippen molar-refractivity contribution >= 4 is 27.3 Å². The molecule has 1 aliphatic carbocycles. The van der Waals surface area contributed by atoms with Crippen molar-refractivity contribution in [1.82, 2.24) is 4.98 Å². The lowest BCUT2D eigenvalue weighted by molar-refractivity contribution is -0.384. The van der Waals surface area contributed by atoms with Crippen molar-refractivity contribution in [2.45, 2.75) is 12.8 Å². The van der Waals surface area contributed by atoms with E-state index in [1.54, 1.807) is 0 Å². The number of anilines is 1. The Morgan fingerprint density at radius 2 is 2.41 bits per heavy atom. The fourth-order valence-electron chi connectivity index (χ4n) is 1.45. The van der Waals surface area contributed by atoms with E-state index < -0.39 is 4.92 Å². The number of aromatic nitrogens is 1. The Balaban J connectivity index is 2.16. The third kappa shape index (κ3) is 2.53. The third-order valence-electron chi connectivity index (χ3n) is 2.75. The summed E-state index contributed by atoms with van der Waals surface area (Å²) in [6.45, 7) is 0.424. The number of halogens is 1. The first-order valence-corrected chi connectivity index (χ1v) is 5.81. The number of pyridine rings is 1. The van der Waals surface area contributed by atoms with Crippen LogP contribution in [0.4, 0.5) is 11.4 Å². The molecule has 0 saturated heterocycles. The van der Waals surface area contributed by atoms with Crippen LogP contribution in [0.3, 0.4) is 0 Å². The normalized spacial score (nSPS) is 16.0. The van der Waals surface area contributed by atoms with Crippen LogP contribution in [0.5, 0.6) is 0 Å². The van der Waals surface area contributed by atoms with Gasteiger partial charge in [-0.05, 0) is 28.8 Å². The van der Waals surface area contributed by atoms with Crippen LogP contribution >= 0.6 is 15.9 Å². The second kappa shape index (κ2) is 4.30. The van der Waals surface area contributed by atoms with E-state index in [4.69, 9.17) is 5.26 Å². The van der Waals surface area contributed by atoms with Gasteiger partial charge in [0, 0.05) is 6.54 Å². The highest BCUT2D eigenvalue weighted by atomic mass is 79.9. The Kier molecular flexibility index (Phi) is 2.98. The molecule has 0 unspecified atom stereocenters. The maximum Gasteiger partial charge on any atom is 0.296 e. The molecular weight excluding hydrogens is 288 g/mol. The van der Waals surface area contributed by atoms with E-state index in [1.165, 1.54) is 12.3 Å². The summed E-state index contributed by atoms with van der Waals surface area (Å²) >= 11 is 3.09. The Hall–Kier alpha value is -1.68. The van der Waals surface area contributed by atoms with Crippen molar-refractivity contribution in [2.75, 3.05) is 11.9 Å². The molecule has 1 aromatic rings. The van der Waals surface area contributed by atoms with Crippen molar-refractivity contribution in [3.63, 3.8) is 0 Å². The van der Waals surface area contributed by atoms with Crippen LogP contribution in [0.25, 0.3) is 0 Å². The van der Waals surface area contributed by atoms with Gasteiger partial charge >= 0.3 is 0 Å². The summed E-state index contributed by atoms with van der Waals surface area (Å²) in [5.74, 6) is 0. The maximum atomic E-state index is 10.8. The van der Waals surface area contributed by atoms with Crippen molar-refractivity contribution < 1.29 is 4.92 Å². The SMILES string of the molecule is N#CC1(CNc2cnc(Br)cc2[N+](=O)[O-])CC1. The van der Waals surface area contributed by atoms with Crippen LogP contribution in [0.1, 0.15) is 12.8 Å². The number of hydrogen-bond acceptors (Lipinski definition) is 5. The average molecular weight is 297 g/mol. The van der Waals surface area contributed by atoms with Gasteiger partial charge in [0.15, 0.2) is 0 Å². The molecule has 0 bridgehead atoms. The first-order valence-electron chi connectivity index (χ1n) is 5.01. The molecule has 1 aliphatic rings. The molecule has 0 aliphatic heterocycles. The molecule has 1 saturated carbocycles. The molecule has 1 heterocycles. The lowest BCUT2D eigenvalue weighted by Gasteiger charge is -2.09. The Morgan fingerprint density at radius 1 is 1.71 bits per heavy atom. The molecular formula is C10H9BrN4O2. The predicted octanol–water partition coefficient (Wildman–Crippen LogP) is 2.47. The Bertz CT molecular complexity index is 508. The van der Waals surface area contributed by atoms with Crippen molar-refractivity contribution in [1.29, 1.82) is 5.26 Å². The van der Waals surface area contributed by atoms with Gasteiger partial charge in [0.1, 0.15) is 10.3 Å². The van der Waals surface area contributed by atoms with Gasteiger partial charge in [-0.3, -0.25) is 10.1 Å². The highest BCUT2D eigenvalue weighted by molar-refractivity contribution is 9.10. The zero-order valence-electron chi connectivity index (χ0n) is 8.81. The maximum absolute atomic E-state index is 10.8. The predicted molar refractivity (Wildman–Crippen MR) is 64.4 cm³/mol. The van der Waals surface area contributed by atoms with Crippen molar-refractivity contribution in [2.24, 2.45) is 5.41 Å². The summed E-state index contributed by atoms with van der Waals surface area (Å²) < 4.78 is 0.413. The number of nitrogens with zero attached hydrogens (tertiary/aromatic N) is 3. The summed E-state index contributed by atoms with van der Waals surface area (Å²) in [4.78, 5) is 14.3. The van der Waals surface area contributed by atoms with Gasteiger partial charge in [0.05, 0.1) is 28.7 Å². The Morgan fingerprint density at radius 3 is 2.94 bits per heavy atom. The average Bonchev–Trinajstić information content (AvgIpc) is 3.08. The van der Waals surface area contributed by atoms with E-state index in [2.05, 4.69) is 32.3 Å². The standard InChI is InChI=1S/C10H9BrN4O2/c11-9-3-8(15(16)17)7(4-13-9)14-6-10(5-12)1-2-10/h3-4,14H,1-2,6H2. The molecule has 0 atom stereocenters. The number of hydrogen-bond donors (Lipinski definition) is 1. The van der Waals surface area contributed by atoms with E-state index in [0.29, 0.717) is 16.8 Å². The summed E-state index contributed by atoms with van der Waals surface area (Å²) in [5, 5.41) is 22.7. The van der Waals surface area contributed by atoms with Crippen LogP contribution < -0.4 is 5.32 Å². The van der Waals surface area contributed by atoms with Crippen LogP contribution in [0, 0.1) is 26.9 Å². The smallest absolute Gasteiger partial charge is 0.296 e. The molecule has 1 fully saturated rings. The molecule has 2 rings (SSSR count). The fourth-order valence-corrected chi connectivity index (χ4v) is 1.77. The monoisotopic (exact) mass is 296 g/mol. The number of nitrogens with one attached hydrogen (secondary N) is 1.